The number of rotatable bonds is 10. The van der Waals surface area contributed by atoms with E-state index in [0.29, 0.717) is 40.2 Å². The minimum Gasteiger partial charge on any atom is -0.492 e. The Hall–Kier alpha value is -3.61. The molecule has 2 aromatic carbocycles. The molecule has 0 fully saturated rings. The maximum absolute atomic E-state index is 12.7. The normalized spacial score (nSPS) is 11.5. The molecule has 3 aromatic rings. The number of aromatic nitrogens is 1. The summed E-state index contributed by atoms with van der Waals surface area (Å²) in [4.78, 5) is 12.7. The third kappa shape index (κ3) is 5.30. The molecule has 1 atom stereocenters. The first-order valence-electron chi connectivity index (χ1n) is 10.9. The monoisotopic (exact) mass is 481 g/mol. The molecule has 0 spiro atoms. The van der Waals surface area contributed by atoms with Crippen LogP contribution in [0.5, 0.6) is 5.75 Å². The Morgan fingerprint density at radius 3 is 2.38 bits per heavy atom. The Kier molecular flexibility index (Phi) is 8.46. The molecule has 1 N–H and O–H groups in total. The van der Waals surface area contributed by atoms with Crippen LogP contribution in [0, 0.1) is 11.3 Å². The number of hydrogen-bond acceptors (Lipinski definition) is 5. The lowest BCUT2D eigenvalue weighted by Crippen LogP contribution is -2.29. The number of ether oxygens (including phenoxy) is 2. The van der Waals surface area contributed by atoms with Crippen molar-refractivity contribution in [3.8, 4) is 22.9 Å². The lowest BCUT2D eigenvalue weighted by atomic mass is 10.00. The number of carbonyl (C=O) groups excluding carboxylic acids is 1. The summed E-state index contributed by atoms with van der Waals surface area (Å²) in [6.45, 7) is 4.30. The van der Waals surface area contributed by atoms with Crippen LogP contribution in [0.3, 0.4) is 0 Å². The van der Waals surface area contributed by atoms with E-state index in [1.807, 2.05) is 13.0 Å². The summed E-state index contributed by atoms with van der Waals surface area (Å²) in [5.41, 5.74) is 3.41. The zero-order valence-electron chi connectivity index (χ0n) is 19.4. The van der Waals surface area contributed by atoms with Crippen LogP contribution in [0.25, 0.3) is 11.1 Å². The molecule has 0 aliphatic rings. The van der Waals surface area contributed by atoms with Crippen molar-refractivity contribution >= 4 is 22.9 Å². The lowest BCUT2D eigenvalue weighted by Gasteiger charge is -2.20. The van der Waals surface area contributed by atoms with Gasteiger partial charge in [0.05, 0.1) is 24.4 Å². The van der Waals surface area contributed by atoms with Gasteiger partial charge < -0.3 is 14.0 Å². The molecule has 0 radical (unpaired) electrons. The SMILES string of the molecule is CCOC(=O)c1c(-c2ccc(OCCN(c3ccccc3)S(=O)O)cc2)c(C#N)c(CC)n1C. The largest absolute Gasteiger partial charge is 0.492 e. The number of para-hydroxylation sites is 1. The first-order valence-corrected chi connectivity index (χ1v) is 11.9. The van der Waals surface area contributed by atoms with Gasteiger partial charge in [0.2, 0.25) is 0 Å². The van der Waals surface area contributed by atoms with E-state index < -0.39 is 17.2 Å². The summed E-state index contributed by atoms with van der Waals surface area (Å²) in [7, 11) is 1.76. The zero-order valence-corrected chi connectivity index (χ0v) is 20.2. The van der Waals surface area contributed by atoms with E-state index in [2.05, 4.69) is 6.07 Å². The van der Waals surface area contributed by atoms with Crippen LogP contribution < -0.4 is 9.04 Å². The summed E-state index contributed by atoms with van der Waals surface area (Å²) < 4.78 is 35.4. The van der Waals surface area contributed by atoms with Crippen molar-refractivity contribution in [3.05, 3.63) is 71.5 Å². The third-order valence-corrected chi connectivity index (χ3v) is 6.14. The molecule has 9 heteroatoms. The van der Waals surface area contributed by atoms with Crippen molar-refractivity contribution in [2.75, 3.05) is 24.1 Å². The van der Waals surface area contributed by atoms with E-state index in [1.165, 1.54) is 4.31 Å². The quantitative estimate of drug-likeness (QED) is 0.341. The van der Waals surface area contributed by atoms with E-state index in [0.717, 1.165) is 5.69 Å². The first kappa shape index (κ1) is 25.0. The Morgan fingerprint density at radius 1 is 1.15 bits per heavy atom. The number of nitriles is 1. The van der Waals surface area contributed by atoms with Gasteiger partial charge in [0.15, 0.2) is 0 Å². The number of benzene rings is 2. The second kappa shape index (κ2) is 11.5. The van der Waals surface area contributed by atoms with E-state index >= 15 is 0 Å². The number of esters is 1. The minimum atomic E-state index is -2.18. The summed E-state index contributed by atoms with van der Waals surface area (Å²) >= 11 is -2.18. The maximum Gasteiger partial charge on any atom is 0.355 e. The highest BCUT2D eigenvalue weighted by atomic mass is 32.2. The highest BCUT2D eigenvalue weighted by molar-refractivity contribution is 7.80. The smallest absolute Gasteiger partial charge is 0.355 e. The Bertz CT molecular complexity index is 1200. The fraction of sp³-hybridized carbons (Fsp3) is 0.280. The highest BCUT2D eigenvalue weighted by Crippen LogP contribution is 2.34. The van der Waals surface area contributed by atoms with Crippen molar-refractivity contribution in [1.29, 1.82) is 5.26 Å². The molecule has 3 rings (SSSR count). The van der Waals surface area contributed by atoms with Crippen molar-refractivity contribution in [3.63, 3.8) is 0 Å². The average molecular weight is 482 g/mol. The van der Waals surface area contributed by atoms with Crippen molar-refractivity contribution in [2.24, 2.45) is 7.05 Å². The molecule has 1 heterocycles. The van der Waals surface area contributed by atoms with Crippen molar-refractivity contribution in [2.45, 2.75) is 20.3 Å². The molecule has 34 heavy (non-hydrogen) atoms. The van der Waals surface area contributed by atoms with Gasteiger partial charge in [-0.15, -0.1) is 0 Å². The number of nitrogens with zero attached hydrogens (tertiary/aromatic N) is 3. The summed E-state index contributed by atoms with van der Waals surface area (Å²) in [5, 5.41) is 9.81. The topological polar surface area (TPSA) is 105 Å². The average Bonchev–Trinajstić information content (AvgIpc) is 3.13. The van der Waals surface area contributed by atoms with E-state index in [-0.39, 0.29) is 19.8 Å². The minimum absolute atomic E-state index is 0.184. The molecular formula is C25H27N3O5S. The molecule has 8 nitrogen and oxygen atoms in total. The van der Waals surface area contributed by atoms with E-state index in [9.17, 15) is 18.8 Å². The molecule has 0 bridgehead atoms. The van der Waals surface area contributed by atoms with Crippen LogP contribution in [-0.2, 0) is 29.5 Å². The Morgan fingerprint density at radius 2 is 1.82 bits per heavy atom. The van der Waals surface area contributed by atoms with Crippen LogP contribution in [0.15, 0.2) is 54.6 Å². The number of anilines is 1. The molecule has 0 aliphatic carbocycles. The summed E-state index contributed by atoms with van der Waals surface area (Å²) in [5.74, 6) is 0.0813. The van der Waals surface area contributed by atoms with Crippen LogP contribution in [0.2, 0.25) is 0 Å². The standard InChI is InChI=1S/C25H27N3O5S/c1-4-22-21(17-26)23(24(27(22)3)25(29)32-5-2)18-11-13-20(14-12-18)33-16-15-28(34(30)31)19-9-7-6-8-10-19/h6-14H,4-5,15-16H2,1-3H3,(H,30,31). The number of hydrogen-bond donors (Lipinski definition) is 1. The van der Waals surface area contributed by atoms with Crippen LogP contribution >= 0.6 is 0 Å². The molecule has 0 saturated heterocycles. The third-order valence-electron chi connectivity index (χ3n) is 5.37. The predicted molar refractivity (Wildman–Crippen MR) is 131 cm³/mol. The van der Waals surface area contributed by atoms with E-state index in [1.54, 1.807) is 67.1 Å². The van der Waals surface area contributed by atoms with Crippen LogP contribution in [-0.4, -0.2) is 39.1 Å². The van der Waals surface area contributed by atoms with Gasteiger partial charge in [-0.3, -0.25) is 8.86 Å². The van der Waals surface area contributed by atoms with Gasteiger partial charge in [-0.2, -0.15) is 5.26 Å². The molecule has 0 aliphatic heterocycles. The Balaban J connectivity index is 1.81. The van der Waals surface area contributed by atoms with Gasteiger partial charge in [0.1, 0.15) is 24.1 Å². The van der Waals surface area contributed by atoms with Gasteiger partial charge >= 0.3 is 5.97 Å². The van der Waals surface area contributed by atoms with E-state index in [4.69, 9.17) is 9.47 Å². The second-order valence-corrected chi connectivity index (χ2v) is 8.23. The van der Waals surface area contributed by atoms with Gasteiger partial charge in [0.25, 0.3) is 11.3 Å². The molecular weight excluding hydrogens is 454 g/mol. The van der Waals surface area contributed by atoms with Crippen molar-refractivity contribution in [1.82, 2.24) is 4.57 Å². The van der Waals surface area contributed by atoms with Gasteiger partial charge in [0, 0.05) is 18.3 Å². The van der Waals surface area contributed by atoms with Crippen LogP contribution in [0.4, 0.5) is 5.69 Å². The maximum atomic E-state index is 12.7. The van der Waals surface area contributed by atoms with Crippen molar-refractivity contribution < 1.29 is 23.0 Å². The fourth-order valence-electron chi connectivity index (χ4n) is 3.84. The predicted octanol–water partition coefficient (Wildman–Crippen LogP) is 4.32. The van der Waals surface area contributed by atoms with Gasteiger partial charge in [-0.1, -0.05) is 37.3 Å². The lowest BCUT2D eigenvalue weighted by molar-refractivity contribution is 0.0516. The van der Waals surface area contributed by atoms with Gasteiger partial charge in [-0.05, 0) is 43.2 Å². The summed E-state index contributed by atoms with van der Waals surface area (Å²) in [6.07, 6.45) is 0.594. The molecule has 0 saturated carbocycles. The molecule has 0 amide bonds. The van der Waals surface area contributed by atoms with Gasteiger partial charge in [-0.25, -0.2) is 9.00 Å². The first-order chi connectivity index (χ1) is 16.4. The molecule has 1 aromatic heterocycles. The second-order valence-electron chi connectivity index (χ2n) is 7.33. The fourth-order valence-corrected chi connectivity index (χ4v) is 4.38. The molecule has 1 unspecified atom stereocenters. The number of carbonyl (C=O) groups is 1. The Labute approximate surface area is 201 Å². The zero-order chi connectivity index (χ0) is 24.7. The highest BCUT2D eigenvalue weighted by Gasteiger charge is 2.26. The summed E-state index contributed by atoms with van der Waals surface area (Å²) in [6, 6.07) is 18.2. The molecule has 178 valence electrons. The van der Waals surface area contributed by atoms with Crippen LogP contribution in [0.1, 0.15) is 35.6 Å².